The van der Waals surface area contributed by atoms with Crippen LogP contribution in [0.3, 0.4) is 0 Å². The summed E-state index contributed by atoms with van der Waals surface area (Å²) in [5, 5.41) is 0. The van der Waals surface area contributed by atoms with Crippen LogP contribution in [0.15, 0.2) is 0 Å². The summed E-state index contributed by atoms with van der Waals surface area (Å²) in [6, 6.07) is 0. The normalized spacial score (nSPS) is 30.3. The van der Waals surface area contributed by atoms with Crippen LogP contribution in [0.1, 0.15) is 83.5 Å². The molecule has 0 aromatic rings. The Morgan fingerprint density at radius 1 is 0.556 bits per heavy atom. The quantitative estimate of drug-likeness (QED) is 0.612. The second-order valence-electron chi connectivity index (χ2n) is 6.12. The highest BCUT2D eigenvalue weighted by Gasteiger charge is 2.23. The molecule has 1 aliphatic carbocycles. The fourth-order valence-electron chi connectivity index (χ4n) is 3.39. The summed E-state index contributed by atoms with van der Waals surface area (Å²) in [6.45, 7) is 0.795. The highest BCUT2D eigenvalue weighted by molar-refractivity contribution is 4.72. The van der Waals surface area contributed by atoms with Crippen LogP contribution < -0.4 is 0 Å². The molecule has 0 radical (unpaired) electrons. The summed E-state index contributed by atoms with van der Waals surface area (Å²) in [4.78, 5) is 11.2. The monoisotopic (exact) mass is 254 g/mol. The van der Waals surface area contributed by atoms with Crippen molar-refractivity contribution in [3.63, 3.8) is 0 Å². The van der Waals surface area contributed by atoms with Crippen molar-refractivity contribution in [2.24, 2.45) is 5.92 Å². The summed E-state index contributed by atoms with van der Waals surface area (Å²) in [7, 11) is 0. The Morgan fingerprint density at radius 2 is 1.11 bits per heavy atom. The van der Waals surface area contributed by atoms with Crippen molar-refractivity contribution in [1.82, 2.24) is 0 Å². The van der Waals surface area contributed by atoms with Crippen molar-refractivity contribution < 1.29 is 9.78 Å². The molecule has 2 fully saturated rings. The molecule has 1 atom stereocenters. The van der Waals surface area contributed by atoms with Crippen LogP contribution >= 0.6 is 0 Å². The van der Waals surface area contributed by atoms with E-state index in [9.17, 15) is 0 Å². The second kappa shape index (κ2) is 8.92. The van der Waals surface area contributed by atoms with Crippen LogP contribution in [0.5, 0.6) is 0 Å². The molecule has 0 aromatic heterocycles. The minimum atomic E-state index is 0.376. The van der Waals surface area contributed by atoms with Crippen molar-refractivity contribution in [1.29, 1.82) is 0 Å². The van der Waals surface area contributed by atoms with Gasteiger partial charge in [0.1, 0.15) is 0 Å². The molecule has 0 aromatic carbocycles. The van der Waals surface area contributed by atoms with Gasteiger partial charge in [0.25, 0.3) is 0 Å². The molecule has 1 saturated carbocycles. The van der Waals surface area contributed by atoms with E-state index in [4.69, 9.17) is 9.78 Å². The summed E-state index contributed by atoms with van der Waals surface area (Å²) < 4.78 is 0. The first-order valence-corrected chi connectivity index (χ1v) is 8.25. The molecule has 1 aliphatic heterocycles. The predicted molar refractivity (Wildman–Crippen MR) is 74.3 cm³/mol. The molecule has 18 heavy (non-hydrogen) atoms. The van der Waals surface area contributed by atoms with Crippen LogP contribution in [0.25, 0.3) is 0 Å². The van der Waals surface area contributed by atoms with Crippen LogP contribution in [-0.2, 0) is 9.78 Å². The van der Waals surface area contributed by atoms with Gasteiger partial charge in [0.2, 0.25) is 0 Å². The summed E-state index contributed by atoms with van der Waals surface area (Å²) in [6.07, 6.45) is 18.0. The van der Waals surface area contributed by atoms with Gasteiger partial charge in [-0.05, 0) is 31.6 Å². The first-order chi connectivity index (χ1) is 8.97. The third-order valence-electron chi connectivity index (χ3n) is 4.58. The third-order valence-corrected chi connectivity index (χ3v) is 4.58. The van der Waals surface area contributed by atoms with Gasteiger partial charge in [-0.2, -0.15) is 0 Å². The molecule has 1 saturated heterocycles. The lowest BCUT2D eigenvalue weighted by molar-refractivity contribution is -0.334. The van der Waals surface area contributed by atoms with Crippen LogP contribution in [0.2, 0.25) is 0 Å². The first kappa shape index (κ1) is 14.3. The number of hydrogen-bond donors (Lipinski definition) is 0. The minimum Gasteiger partial charge on any atom is -0.236 e. The number of rotatable bonds is 1. The maximum absolute atomic E-state index is 5.74. The minimum absolute atomic E-state index is 0.376. The van der Waals surface area contributed by atoms with E-state index < -0.39 is 0 Å². The van der Waals surface area contributed by atoms with Crippen molar-refractivity contribution in [3.8, 4) is 0 Å². The van der Waals surface area contributed by atoms with E-state index in [0.29, 0.717) is 6.10 Å². The van der Waals surface area contributed by atoms with E-state index in [1.54, 1.807) is 0 Å². The highest BCUT2D eigenvalue weighted by Crippen LogP contribution is 2.29. The Hall–Kier alpha value is -0.0800. The van der Waals surface area contributed by atoms with E-state index in [1.807, 2.05) is 0 Å². The molecular formula is C16H30O2. The third kappa shape index (κ3) is 5.27. The van der Waals surface area contributed by atoms with Crippen molar-refractivity contribution in [2.45, 2.75) is 89.6 Å². The zero-order valence-corrected chi connectivity index (χ0v) is 11.9. The van der Waals surface area contributed by atoms with Gasteiger partial charge >= 0.3 is 0 Å². The Morgan fingerprint density at radius 3 is 1.83 bits per heavy atom. The lowest BCUT2D eigenvalue weighted by Crippen LogP contribution is -2.24. The lowest BCUT2D eigenvalue weighted by atomic mass is 9.88. The Bertz CT molecular complexity index is 163. The average molecular weight is 254 g/mol. The maximum Gasteiger partial charge on any atom is 0.0958 e. The van der Waals surface area contributed by atoms with E-state index in [0.717, 1.165) is 18.9 Å². The fourth-order valence-corrected chi connectivity index (χ4v) is 3.39. The maximum atomic E-state index is 5.74. The molecular weight excluding hydrogens is 224 g/mol. The molecule has 1 unspecified atom stereocenters. The Labute approximate surface area is 112 Å². The molecule has 2 rings (SSSR count). The van der Waals surface area contributed by atoms with Gasteiger partial charge in [0.05, 0.1) is 12.7 Å². The van der Waals surface area contributed by atoms with Crippen molar-refractivity contribution >= 4 is 0 Å². The van der Waals surface area contributed by atoms with Gasteiger partial charge in [-0.25, -0.2) is 9.78 Å². The molecule has 106 valence electrons. The van der Waals surface area contributed by atoms with Gasteiger partial charge in [0.15, 0.2) is 0 Å². The molecule has 2 heteroatoms. The van der Waals surface area contributed by atoms with E-state index in [2.05, 4.69) is 0 Å². The fraction of sp³-hybridized carbons (Fsp3) is 1.00. The first-order valence-electron chi connectivity index (χ1n) is 8.25. The number of hydrogen-bond acceptors (Lipinski definition) is 2. The van der Waals surface area contributed by atoms with E-state index in [-0.39, 0.29) is 0 Å². The molecule has 2 aliphatic rings. The molecule has 0 bridgehead atoms. The zero-order valence-electron chi connectivity index (χ0n) is 11.9. The van der Waals surface area contributed by atoms with Gasteiger partial charge in [-0.3, -0.25) is 0 Å². The lowest BCUT2D eigenvalue weighted by Gasteiger charge is -2.25. The zero-order chi connectivity index (χ0) is 12.5. The second-order valence-corrected chi connectivity index (χ2v) is 6.12. The van der Waals surface area contributed by atoms with Crippen molar-refractivity contribution in [3.05, 3.63) is 0 Å². The Balaban J connectivity index is 1.83. The van der Waals surface area contributed by atoms with Crippen LogP contribution in [0.4, 0.5) is 0 Å². The molecule has 0 amide bonds. The molecule has 1 heterocycles. The largest absolute Gasteiger partial charge is 0.236 e. The summed E-state index contributed by atoms with van der Waals surface area (Å²) >= 11 is 0. The summed E-state index contributed by atoms with van der Waals surface area (Å²) in [5.74, 6) is 0.751. The highest BCUT2D eigenvalue weighted by atomic mass is 17.2. The van der Waals surface area contributed by atoms with E-state index >= 15 is 0 Å². The van der Waals surface area contributed by atoms with Gasteiger partial charge in [0, 0.05) is 0 Å². The van der Waals surface area contributed by atoms with Crippen LogP contribution in [-0.4, -0.2) is 12.7 Å². The van der Waals surface area contributed by atoms with Crippen molar-refractivity contribution in [2.75, 3.05) is 6.61 Å². The predicted octanol–water partition coefficient (Wildman–Crippen LogP) is 5.02. The Kier molecular flexibility index (Phi) is 7.11. The summed E-state index contributed by atoms with van der Waals surface area (Å²) in [5.41, 5.74) is 0. The smallest absolute Gasteiger partial charge is 0.0958 e. The van der Waals surface area contributed by atoms with E-state index in [1.165, 1.54) is 77.0 Å². The van der Waals surface area contributed by atoms with Gasteiger partial charge in [-0.15, -0.1) is 0 Å². The van der Waals surface area contributed by atoms with Gasteiger partial charge < -0.3 is 0 Å². The van der Waals surface area contributed by atoms with Gasteiger partial charge in [-0.1, -0.05) is 57.8 Å². The van der Waals surface area contributed by atoms with Crippen LogP contribution in [0, 0.1) is 5.92 Å². The molecule has 0 N–H and O–H groups in total. The molecule has 0 spiro atoms. The standard InChI is InChI=1S/C16H30O2/c1-2-4-8-12-15(11-7-3-1)16-13-9-5-6-10-14-17-18-16/h15-16H,1-14H2. The molecule has 2 nitrogen and oxygen atoms in total. The SMILES string of the molecule is C1CCCCC(C2CCCCCCOO2)CCC1. The topological polar surface area (TPSA) is 18.5 Å². The average Bonchev–Trinajstić information content (AvgIpc) is 2.61.